The molecule has 1 saturated heterocycles. The quantitative estimate of drug-likeness (QED) is 0.158. The summed E-state index contributed by atoms with van der Waals surface area (Å²) in [6.45, 7) is 3.22. The van der Waals surface area contributed by atoms with Crippen LogP contribution in [0.5, 0.6) is 5.75 Å². The van der Waals surface area contributed by atoms with E-state index >= 15 is 0 Å². The smallest absolute Gasteiger partial charge is 0.339 e. The van der Waals surface area contributed by atoms with Gasteiger partial charge in [-0.2, -0.15) is 13.1 Å². The molecule has 0 bridgehead atoms. The Morgan fingerprint density at radius 3 is 1.98 bits per heavy atom. The first-order valence-corrected chi connectivity index (χ1v) is 20.3. The molecule has 4 aromatic carbocycles. The maximum Gasteiger partial charge on any atom is 0.339 e. The lowest BCUT2D eigenvalue weighted by molar-refractivity contribution is -0.134. The van der Waals surface area contributed by atoms with E-state index in [2.05, 4.69) is 31.7 Å². The SMILES string of the molecule is O=C([C@H](Cc1ccc(OS(=O)(=O)c2cccc3cnccc23)cc1)NS(=O)(=O)c1cccc2cnccc12)N1CCN(CCCc2ccccc2)CC1. The highest BCUT2D eigenvalue weighted by Crippen LogP contribution is 2.27. The van der Waals surface area contributed by atoms with Crippen LogP contribution in [0.4, 0.5) is 0 Å². The van der Waals surface area contributed by atoms with Crippen LogP contribution in [-0.4, -0.2) is 81.3 Å². The summed E-state index contributed by atoms with van der Waals surface area (Å²) in [7, 11) is -8.35. The van der Waals surface area contributed by atoms with Crippen molar-refractivity contribution in [2.24, 2.45) is 0 Å². The van der Waals surface area contributed by atoms with Crippen LogP contribution < -0.4 is 8.91 Å². The molecule has 1 aliphatic rings. The van der Waals surface area contributed by atoms with E-state index in [0.29, 0.717) is 53.3 Å². The van der Waals surface area contributed by atoms with Crippen molar-refractivity contribution in [1.82, 2.24) is 24.5 Å². The molecule has 1 aliphatic heterocycles. The Balaban J connectivity index is 1.07. The van der Waals surface area contributed by atoms with Gasteiger partial charge in [0.15, 0.2) is 0 Å². The molecule has 272 valence electrons. The zero-order chi connectivity index (χ0) is 36.8. The van der Waals surface area contributed by atoms with Crippen molar-refractivity contribution in [3.63, 3.8) is 0 Å². The topological polar surface area (TPSA) is 139 Å². The summed E-state index contributed by atoms with van der Waals surface area (Å²) in [6.07, 6.45) is 8.24. The van der Waals surface area contributed by atoms with Crippen molar-refractivity contribution in [1.29, 1.82) is 0 Å². The molecule has 53 heavy (non-hydrogen) atoms. The second kappa shape index (κ2) is 15.8. The zero-order valence-corrected chi connectivity index (χ0v) is 30.5. The molecule has 0 aliphatic carbocycles. The van der Waals surface area contributed by atoms with Gasteiger partial charge < -0.3 is 9.08 Å². The molecule has 1 N–H and O–H groups in total. The number of pyridine rings is 2. The Hall–Kier alpha value is -5.21. The van der Waals surface area contributed by atoms with Gasteiger partial charge in [-0.05, 0) is 73.3 Å². The molecule has 0 radical (unpaired) electrons. The summed E-state index contributed by atoms with van der Waals surface area (Å²) in [4.78, 5) is 26.5. The highest BCUT2D eigenvalue weighted by atomic mass is 32.2. The van der Waals surface area contributed by atoms with Crippen LogP contribution in [0.1, 0.15) is 17.5 Å². The monoisotopic (exact) mass is 749 g/mol. The molecule has 7 rings (SSSR count). The molecule has 2 aromatic heterocycles. The largest absolute Gasteiger partial charge is 0.379 e. The molecule has 0 spiro atoms. The fourth-order valence-corrected chi connectivity index (χ4v) is 9.29. The molecule has 1 amide bonds. The minimum Gasteiger partial charge on any atom is -0.379 e. The fourth-order valence-electron chi connectivity index (χ4n) is 6.72. The maximum absolute atomic E-state index is 14.2. The van der Waals surface area contributed by atoms with E-state index in [1.807, 2.05) is 18.2 Å². The number of carbonyl (C=O) groups excluding carboxylic acids is 1. The number of hydrogen-bond donors (Lipinski definition) is 1. The molecule has 1 fully saturated rings. The summed E-state index contributed by atoms with van der Waals surface area (Å²) in [5.74, 6) is -0.246. The number of fused-ring (bicyclic) bond motifs is 2. The lowest BCUT2D eigenvalue weighted by Crippen LogP contribution is -2.55. The van der Waals surface area contributed by atoms with Gasteiger partial charge in [0.2, 0.25) is 15.9 Å². The summed E-state index contributed by atoms with van der Waals surface area (Å²) in [6, 6.07) is 28.6. The van der Waals surface area contributed by atoms with Crippen LogP contribution in [0, 0.1) is 0 Å². The van der Waals surface area contributed by atoms with E-state index in [1.165, 1.54) is 42.2 Å². The normalized spacial score (nSPS) is 14.7. The van der Waals surface area contributed by atoms with Gasteiger partial charge in [0.05, 0.1) is 4.90 Å². The van der Waals surface area contributed by atoms with E-state index in [1.54, 1.807) is 65.8 Å². The third-order valence-electron chi connectivity index (χ3n) is 9.47. The molecule has 0 saturated carbocycles. The highest BCUT2D eigenvalue weighted by molar-refractivity contribution is 7.89. The molecule has 11 nitrogen and oxygen atoms in total. The average molecular weight is 750 g/mol. The molecular formula is C40H39N5O6S2. The number of aryl methyl sites for hydroxylation is 1. The average Bonchev–Trinajstić information content (AvgIpc) is 3.18. The number of piperazine rings is 1. The van der Waals surface area contributed by atoms with Crippen molar-refractivity contribution in [2.75, 3.05) is 32.7 Å². The summed E-state index contributed by atoms with van der Waals surface area (Å²) in [5, 5.41) is 2.31. The Labute approximate surface area is 309 Å². The van der Waals surface area contributed by atoms with Crippen LogP contribution in [0.2, 0.25) is 0 Å². The molecule has 0 unspecified atom stereocenters. The van der Waals surface area contributed by atoms with E-state index in [-0.39, 0.29) is 27.9 Å². The molecular weight excluding hydrogens is 711 g/mol. The van der Waals surface area contributed by atoms with Crippen molar-refractivity contribution < 1.29 is 25.8 Å². The first kappa shape index (κ1) is 36.2. The van der Waals surface area contributed by atoms with Crippen molar-refractivity contribution >= 4 is 47.6 Å². The van der Waals surface area contributed by atoms with Gasteiger partial charge in [0.1, 0.15) is 16.7 Å². The second-order valence-corrected chi connectivity index (χ2v) is 16.2. The number of benzene rings is 4. The van der Waals surface area contributed by atoms with Gasteiger partial charge in [0, 0.05) is 72.5 Å². The van der Waals surface area contributed by atoms with Gasteiger partial charge in [0.25, 0.3) is 0 Å². The van der Waals surface area contributed by atoms with Crippen LogP contribution in [0.15, 0.2) is 138 Å². The van der Waals surface area contributed by atoms with Crippen LogP contribution >= 0.6 is 0 Å². The Bertz CT molecular complexity index is 2430. The predicted octanol–water partition coefficient (Wildman–Crippen LogP) is 5.22. The maximum atomic E-state index is 14.2. The molecule has 3 heterocycles. The molecule has 1 atom stereocenters. The Morgan fingerprint density at radius 1 is 0.698 bits per heavy atom. The minimum atomic E-state index is -4.19. The van der Waals surface area contributed by atoms with Gasteiger partial charge in [-0.25, -0.2) is 8.42 Å². The number of nitrogens with zero attached hydrogens (tertiary/aromatic N) is 4. The number of rotatable bonds is 13. The fraction of sp³-hybridized carbons (Fsp3) is 0.225. The standard InChI is InChI=1S/C40H39N5O6S2/c46-40(45-25-23-44(24-26-45)22-6-9-30-7-2-1-3-8-30)37(43-52(47,48)38-12-4-10-32-28-41-20-18-35(32)38)27-31-14-16-34(17-15-31)51-53(49,50)39-13-5-11-33-29-42-21-19-36(33)39/h1-5,7-8,10-21,28-29,37,43H,6,9,22-27H2/t37-/m0/s1. The van der Waals surface area contributed by atoms with Crippen LogP contribution in [0.3, 0.4) is 0 Å². The van der Waals surface area contributed by atoms with Gasteiger partial charge in [-0.15, -0.1) is 0 Å². The predicted molar refractivity (Wildman–Crippen MR) is 203 cm³/mol. The van der Waals surface area contributed by atoms with Crippen molar-refractivity contribution in [2.45, 2.75) is 35.1 Å². The third kappa shape index (κ3) is 8.55. The number of hydrogen-bond acceptors (Lipinski definition) is 9. The lowest BCUT2D eigenvalue weighted by Gasteiger charge is -2.36. The highest BCUT2D eigenvalue weighted by Gasteiger charge is 2.32. The number of amides is 1. The van der Waals surface area contributed by atoms with Crippen molar-refractivity contribution in [3.05, 3.63) is 139 Å². The van der Waals surface area contributed by atoms with Crippen LogP contribution in [0.25, 0.3) is 21.5 Å². The Morgan fingerprint density at radius 2 is 1.32 bits per heavy atom. The van der Waals surface area contributed by atoms with E-state index in [9.17, 15) is 21.6 Å². The van der Waals surface area contributed by atoms with Gasteiger partial charge in [-0.3, -0.25) is 19.7 Å². The van der Waals surface area contributed by atoms with E-state index < -0.39 is 26.2 Å². The summed E-state index contributed by atoms with van der Waals surface area (Å²) in [5.41, 5.74) is 1.91. The first-order chi connectivity index (χ1) is 25.7. The Kier molecular flexibility index (Phi) is 10.8. The van der Waals surface area contributed by atoms with Gasteiger partial charge in [-0.1, -0.05) is 66.7 Å². The third-order valence-corrected chi connectivity index (χ3v) is 12.3. The number of carbonyl (C=O) groups is 1. The number of nitrogens with one attached hydrogen (secondary N) is 1. The van der Waals surface area contributed by atoms with Crippen molar-refractivity contribution in [3.8, 4) is 5.75 Å². The lowest BCUT2D eigenvalue weighted by atomic mass is 10.0. The molecule has 6 aromatic rings. The van der Waals surface area contributed by atoms with Crippen LogP contribution in [-0.2, 0) is 37.8 Å². The van der Waals surface area contributed by atoms with Gasteiger partial charge >= 0.3 is 10.1 Å². The second-order valence-electron chi connectivity index (χ2n) is 13.0. The number of sulfonamides is 1. The summed E-state index contributed by atoms with van der Waals surface area (Å²) < 4.78 is 62.7. The van der Waals surface area contributed by atoms with E-state index in [4.69, 9.17) is 4.18 Å². The van der Waals surface area contributed by atoms with E-state index in [0.717, 1.165) is 19.4 Å². The molecule has 13 heteroatoms. The summed E-state index contributed by atoms with van der Waals surface area (Å²) >= 11 is 0. The number of aromatic nitrogens is 2. The zero-order valence-electron chi connectivity index (χ0n) is 28.9. The minimum absolute atomic E-state index is 0.0158. The first-order valence-electron chi connectivity index (χ1n) is 17.4.